The summed E-state index contributed by atoms with van der Waals surface area (Å²) in [5, 5.41) is 11.5. The van der Waals surface area contributed by atoms with Gasteiger partial charge < -0.3 is 9.84 Å². The Kier molecular flexibility index (Phi) is 6.62. The fraction of sp³-hybridized carbons (Fsp3) is 0.214. The summed E-state index contributed by atoms with van der Waals surface area (Å²) >= 11 is 3.44. The van der Waals surface area contributed by atoms with Crippen molar-refractivity contribution in [3.05, 3.63) is 99.0 Å². The van der Waals surface area contributed by atoms with Crippen molar-refractivity contribution < 1.29 is 19.4 Å². The first kappa shape index (κ1) is 23.8. The zero-order chi connectivity index (χ0) is 24.6. The number of aliphatic hydroxyl groups is 1. The minimum absolute atomic E-state index is 0.0687. The summed E-state index contributed by atoms with van der Waals surface area (Å²) < 4.78 is 6.41. The highest BCUT2D eigenvalue weighted by Crippen LogP contribution is 2.43. The monoisotopic (exact) mass is 519 g/mol. The van der Waals surface area contributed by atoms with Crippen molar-refractivity contribution in [1.29, 1.82) is 0 Å². The van der Waals surface area contributed by atoms with E-state index in [1.54, 1.807) is 19.2 Å². The van der Waals surface area contributed by atoms with Crippen LogP contribution in [-0.4, -0.2) is 23.9 Å². The number of hydrogen-bond donors (Lipinski definition) is 1. The number of hydrogen-bond acceptors (Lipinski definition) is 4. The molecule has 0 spiro atoms. The number of anilines is 1. The molecule has 1 heterocycles. The summed E-state index contributed by atoms with van der Waals surface area (Å²) in [6, 6.07) is 19.4. The van der Waals surface area contributed by atoms with Crippen molar-refractivity contribution in [3.8, 4) is 5.75 Å². The zero-order valence-corrected chi connectivity index (χ0v) is 21.1. The van der Waals surface area contributed by atoms with Crippen molar-refractivity contribution in [2.24, 2.45) is 0 Å². The second kappa shape index (κ2) is 9.47. The van der Waals surface area contributed by atoms with Gasteiger partial charge >= 0.3 is 0 Å². The molecule has 1 amide bonds. The minimum atomic E-state index is -0.764. The second-order valence-electron chi connectivity index (χ2n) is 8.62. The molecule has 0 radical (unpaired) electrons. The molecule has 1 aliphatic rings. The number of ketones is 1. The molecule has 0 saturated carbocycles. The summed E-state index contributed by atoms with van der Waals surface area (Å²) in [4.78, 5) is 28.1. The fourth-order valence-electron chi connectivity index (χ4n) is 4.37. The van der Waals surface area contributed by atoms with Crippen molar-refractivity contribution in [2.75, 3.05) is 12.0 Å². The predicted octanol–water partition coefficient (Wildman–Crippen LogP) is 6.52. The van der Waals surface area contributed by atoms with Gasteiger partial charge in [-0.15, -0.1) is 0 Å². The van der Waals surface area contributed by atoms with Gasteiger partial charge in [0, 0.05) is 15.7 Å². The molecule has 1 aliphatic heterocycles. The van der Waals surface area contributed by atoms with Crippen molar-refractivity contribution in [2.45, 2.75) is 32.7 Å². The van der Waals surface area contributed by atoms with Gasteiger partial charge in [0.15, 0.2) is 0 Å². The van der Waals surface area contributed by atoms with Crippen LogP contribution in [0.4, 0.5) is 5.69 Å². The average Bonchev–Trinajstić information content (AvgIpc) is 3.09. The molecule has 4 rings (SSSR count). The molecule has 3 aromatic rings. The van der Waals surface area contributed by atoms with Crippen molar-refractivity contribution >= 4 is 39.1 Å². The lowest BCUT2D eigenvalue weighted by atomic mass is 9.91. The molecule has 174 valence electrons. The number of Topliss-reactive ketones (excluding diaryl/α,β-unsaturated/α-hetero) is 1. The number of ether oxygens (including phenoxy) is 1. The highest BCUT2D eigenvalue weighted by Gasteiger charge is 2.47. The Bertz CT molecular complexity index is 1280. The van der Waals surface area contributed by atoms with Crippen LogP contribution in [-0.2, 0) is 9.59 Å². The normalized spacial score (nSPS) is 17.5. The molecule has 1 saturated heterocycles. The van der Waals surface area contributed by atoms with E-state index < -0.39 is 17.7 Å². The third kappa shape index (κ3) is 4.14. The number of nitrogens with zero attached hydrogens (tertiary/aromatic N) is 1. The maximum Gasteiger partial charge on any atom is 0.300 e. The van der Waals surface area contributed by atoms with Crippen molar-refractivity contribution in [1.82, 2.24) is 0 Å². The highest BCUT2D eigenvalue weighted by atomic mass is 79.9. The minimum Gasteiger partial charge on any atom is -0.507 e. The van der Waals surface area contributed by atoms with Crippen LogP contribution in [0.15, 0.2) is 76.8 Å². The standard InChI is InChI=1S/C28H26BrNO4/c1-16(2)21-15-22(17(3)14-23(21)34-4)26(31)24-25(18-10-12-19(29)13-11-18)30(28(33)27(24)32)20-8-6-5-7-9-20/h5-16,25,31H,1-4H3/b26-24+. The van der Waals surface area contributed by atoms with E-state index in [-0.39, 0.29) is 17.3 Å². The molecule has 1 fully saturated rings. The summed E-state index contributed by atoms with van der Waals surface area (Å²) in [5.74, 6) is -0.715. The lowest BCUT2D eigenvalue weighted by Gasteiger charge is -2.25. The smallest absolute Gasteiger partial charge is 0.300 e. The van der Waals surface area contributed by atoms with Gasteiger partial charge in [-0.1, -0.05) is 60.1 Å². The van der Waals surface area contributed by atoms with Gasteiger partial charge in [0.25, 0.3) is 11.7 Å². The number of carbonyl (C=O) groups is 2. The Hall–Kier alpha value is -3.38. The van der Waals surface area contributed by atoms with E-state index in [1.807, 2.05) is 75.4 Å². The Morgan fingerprint density at radius 3 is 2.26 bits per heavy atom. The zero-order valence-electron chi connectivity index (χ0n) is 19.5. The number of halogens is 1. The predicted molar refractivity (Wildman–Crippen MR) is 137 cm³/mol. The van der Waals surface area contributed by atoms with Gasteiger partial charge in [0.2, 0.25) is 0 Å². The molecular weight excluding hydrogens is 494 g/mol. The molecule has 1 unspecified atom stereocenters. The third-order valence-corrected chi connectivity index (χ3v) is 6.65. The Balaban J connectivity index is 1.98. The molecule has 1 atom stereocenters. The van der Waals surface area contributed by atoms with Crippen LogP contribution in [0.25, 0.3) is 5.76 Å². The summed E-state index contributed by atoms with van der Waals surface area (Å²) in [6.45, 7) is 5.92. The quantitative estimate of drug-likeness (QED) is 0.237. The highest BCUT2D eigenvalue weighted by molar-refractivity contribution is 9.10. The molecule has 0 aliphatic carbocycles. The number of rotatable bonds is 5. The molecule has 5 nitrogen and oxygen atoms in total. The molecule has 34 heavy (non-hydrogen) atoms. The number of aryl methyl sites for hydroxylation is 1. The average molecular weight is 520 g/mol. The largest absolute Gasteiger partial charge is 0.507 e. The van der Waals surface area contributed by atoms with Gasteiger partial charge in [0.1, 0.15) is 11.5 Å². The SMILES string of the molecule is COc1cc(C)c(/C(O)=C2\C(=O)C(=O)N(c3ccccc3)C2c2ccc(Br)cc2)cc1C(C)C. The van der Waals surface area contributed by atoms with Gasteiger partial charge in [0.05, 0.1) is 18.7 Å². The summed E-state index contributed by atoms with van der Waals surface area (Å²) in [5.41, 5.74) is 3.55. The molecule has 0 bridgehead atoms. The summed E-state index contributed by atoms with van der Waals surface area (Å²) in [7, 11) is 1.61. The first-order valence-corrected chi connectivity index (χ1v) is 11.8. The molecule has 1 N–H and O–H groups in total. The Morgan fingerprint density at radius 1 is 1.03 bits per heavy atom. The van der Waals surface area contributed by atoms with Crippen molar-refractivity contribution in [3.63, 3.8) is 0 Å². The molecule has 6 heteroatoms. The summed E-state index contributed by atoms with van der Waals surface area (Å²) in [6.07, 6.45) is 0. The van der Waals surface area contributed by atoms with Crippen LogP contribution >= 0.6 is 15.9 Å². The Morgan fingerprint density at radius 2 is 1.68 bits per heavy atom. The van der Waals surface area contributed by atoms with E-state index in [0.29, 0.717) is 11.3 Å². The van der Waals surface area contributed by atoms with E-state index in [1.165, 1.54) is 4.90 Å². The van der Waals surface area contributed by atoms with Gasteiger partial charge in [-0.3, -0.25) is 14.5 Å². The van der Waals surface area contributed by atoms with E-state index in [0.717, 1.165) is 26.9 Å². The van der Waals surface area contributed by atoms with E-state index in [4.69, 9.17) is 4.74 Å². The first-order valence-electron chi connectivity index (χ1n) is 11.0. The maximum absolute atomic E-state index is 13.4. The second-order valence-corrected chi connectivity index (χ2v) is 9.54. The number of benzene rings is 3. The number of para-hydroxylation sites is 1. The first-order chi connectivity index (χ1) is 16.2. The lowest BCUT2D eigenvalue weighted by Crippen LogP contribution is -2.29. The number of amides is 1. The number of aliphatic hydroxyl groups excluding tert-OH is 1. The van der Waals surface area contributed by atoms with E-state index >= 15 is 0 Å². The van der Waals surface area contributed by atoms with Crippen LogP contribution in [0.5, 0.6) is 5.75 Å². The van der Waals surface area contributed by atoms with Crippen LogP contribution in [0, 0.1) is 6.92 Å². The van der Waals surface area contributed by atoms with Crippen LogP contribution < -0.4 is 9.64 Å². The number of carbonyl (C=O) groups excluding carboxylic acids is 2. The molecule has 0 aromatic heterocycles. The third-order valence-electron chi connectivity index (χ3n) is 6.12. The van der Waals surface area contributed by atoms with Crippen LogP contribution in [0.3, 0.4) is 0 Å². The van der Waals surface area contributed by atoms with Crippen LogP contribution in [0.1, 0.15) is 48.1 Å². The molecule has 3 aromatic carbocycles. The van der Waals surface area contributed by atoms with Gasteiger partial charge in [-0.2, -0.15) is 0 Å². The van der Waals surface area contributed by atoms with Gasteiger partial charge in [-0.25, -0.2) is 0 Å². The van der Waals surface area contributed by atoms with Crippen LogP contribution in [0.2, 0.25) is 0 Å². The molecular formula is C28H26BrNO4. The maximum atomic E-state index is 13.4. The fourth-order valence-corrected chi connectivity index (χ4v) is 4.64. The number of methoxy groups -OCH3 is 1. The lowest BCUT2D eigenvalue weighted by molar-refractivity contribution is -0.132. The topological polar surface area (TPSA) is 66.8 Å². The van der Waals surface area contributed by atoms with E-state index in [2.05, 4.69) is 15.9 Å². The van der Waals surface area contributed by atoms with E-state index in [9.17, 15) is 14.7 Å². The van der Waals surface area contributed by atoms with Gasteiger partial charge in [-0.05, 0) is 65.9 Å². The Labute approximate surface area is 207 Å².